The molecule has 1 saturated heterocycles. The molecule has 1 aliphatic rings. The fourth-order valence-electron chi connectivity index (χ4n) is 3.69. The minimum absolute atomic E-state index is 0.103. The molecular formula is C27H36N4OS. The van der Waals surface area contributed by atoms with E-state index < -0.39 is 0 Å². The third-order valence-corrected chi connectivity index (χ3v) is 6.35. The van der Waals surface area contributed by atoms with Crippen LogP contribution in [0.1, 0.15) is 40.9 Å². The molecule has 0 spiro atoms. The third-order valence-electron chi connectivity index (χ3n) is 5.62. The molecule has 1 fully saturated rings. The molecule has 3 aromatic rings. The molecule has 1 amide bonds. The SMILES string of the molecule is C1CNCCN1.CCN(CC)C(=O)c1ccc(Cc2cccc(NCc3ccsc3)c2)cc1. The van der Waals surface area contributed by atoms with Crippen LogP contribution in [-0.2, 0) is 13.0 Å². The van der Waals surface area contributed by atoms with Gasteiger partial charge in [-0.2, -0.15) is 11.3 Å². The van der Waals surface area contributed by atoms with Crippen molar-refractivity contribution in [1.29, 1.82) is 0 Å². The molecular weight excluding hydrogens is 428 g/mol. The number of hydrogen-bond acceptors (Lipinski definition) is 5. The zero-order valence-electron chi connectivity index (χ0n) is 19.8. The van der Waals surface area contributed by atoms with Gasteiger partial charge in [-0.15, -0.1) is 0 Å². The molecule has 0 aliphatic carbocycles. The molecule has 6 heteroatoms. The Kier molecular flexibility index (Phi) is 10.4. The Balaban J connectivity index is 0.000000442. The van der Waals surface area contributed by atoms with Crippen molar-refractivity contribution in [3.63, 3.8) is 0 Å². The van der Waals surface area contributed by atoms with Crippen molar-refractivity contribution >= 4 is 22.9 Å². The summed E-state index contributed by atoms with van der Waals surface area (Å²) in [6.45, 7) is 10.9. The summed E-state index contributed by atoms with van der Waals surface area (Å²) in [7, 11) is 0. The normalized spacial score (nSPS) is 13.0. The van der Waals surface area contributed by atoms with E-state index in [1.165, 1.54) is 16.7 Å². The van der Waals surface area contributed by atoms with Crippen LogP contribution in [0.4, 0.5) is 5.69 Å². The fraction of sp³-hybridized carbons (Fsp3) is 0.370. The van der Waals surface area contributed by atoms with Crippen LogP contribution in [0, 0.1) is 0 Å². The maximum Gasteiger partial charge on any atom is 0.253 e. The fourth-order valence-corrected chi connectivity index (χ4v) is 4.36. The predicted molar refractivity (Wildman–Crippen MR) is 140 cm³/mol. The Labute approximate surface area is 202 Å². The number of carbonyl (C=O) groups is 1. The molecule has 0 saturated carbocycles. The van der Waals surface area contributed by atoms with E-state index >= 15 is 0 Å². The molecule has 5 nitrogen and oxygen atoms in total. The Morgan fingerprint density at radius 1 is 0.909 bits per heavy atom. The summed E-state index contributed by atoms with van der Waals surface area (Å²) in [5.41, 5.74) is 5.66. The molecule has 0 bridgehead atoms. The van der Waals surface area contributed by atoms with E-state index in [1.807, 2.05) is 30.9 Å². The molecule has 0 unspecified atom stereocenters. The number of hydrogen-bond donors (Lipinski definition) is 3. The zero-order valence-corrected chi connectivity index (χ0v) is 20.6. The van der Waals surface area contributed by atoms with Gasteiger partial charge in [0.2, 0.25) is 0 Å². The molecule has 3 N–H and O–H groups in total. The average molecular weight is 465 g/mol. The average Bonchev–Trinajstić information content (AvgIpc) is 3.39. The van der Waals surface area contributed by atoms with Gasteiger partial charge in [-0.3, -0.25) is 4.79 Å². The van der Waals surface area contributed by atoms with Crippen LogP contribution < -0.4 is 16.0 Å². The van der Waals surface area contributed by atoms with E-state index in [2.05, 4.69) is 69.2 Å². The van der Waals surface area contributed by atoms with Crippen molar-refractivity contribution in [2.24, 2.45) is 0 Å². The van der Waals surface area contributed by atoms with Crippen LogP contribution in [0.5, 0.6) is 0 Å². The van der Waals surface area contributed by atoms with Crippen molar-refractivity contribution in [1.82, 2.24) is 15.5 Å². The first-order valence-corrected chi connectivity index (χ1v) is 12.8. The molecule has 1 aliphatic heterocycles. The van der Waals surface area contributed by atoms with Gasteiger partial charge >= 0.3 is 0 Å². The molecule has 176 valence electrons. The maximum atomic E-state index is 12.4. The number of amides is 1. The predicted octanol–water partition coefficient (Wildman–Crippen LogP) is 4.61. The Morgan fingerprint density at radius 3 is 2.18 bits per heavy atom. The summed E-state index contributed by atoms with van der Waals surface area (Å²) < 4.78 is 0. The van der Waals surface area contributed by atoms with Crippen LogP contribution in [0.2, 0.25) is 0 Å². The Morgan fingerprint density at radius 2 is 1.61 bits per heavy atom. The molecule has 1 aromatic heterocycles. The summed E-state index contributed by atoms with van der Waals surface area (Å²) >= 11 is 1.72. The van der Waals surface area contributed by atoms with Gasteiger partial charge in [0.1, 0.15) is 0 Å². The van der Waals surface area contributed by atoms with Crippen molar-refractivity contribution in [2.45, 2.75) is 26.8 Å². The summed E-state index contributed by atoms with van der Waals surface area (Å²) in [6, 6.07) is 18.7. The zero-order chi connectivity index (χ0) is 23.3. The van der Waals surface area contributed by atoms with Crippen molar-refractivity contribution < 1.29 is 4.79 Å². The van der Waals surface area contributed by atoms with Gasteiger partial charge in [-0.05, 0) is 78.1 Å². The van der Waals surface area contributed by atoms with Gasteiger partial charge in [0.25, 0.3) is 5.91 Å². The highest BCUT2D eigenvalue weighted by molar-refractivity contribution is 7.07. The maximum absolute atomic E-state index is 12.4. The first kappa shape index (κ1) is 25.0. The number of piperazine rings is 1. The summed E-state index contributed by atoms with van der Waals surface area (Å²) in [5.74, 6) is 0.103. The van der Waals surface area contributed by atoms with Crippen LogP contribution in [0.3, 0.4) is 0 Å². The number of carbonyl (C=O) groups excluding carboxylic acids is 1. The lowest BCUT2D eigenvalue weighted by atomic mass is 10.0. The van der Waals surface area contributed by atoms with Gasteiger partial charge < -0.3 is 20.9 Å². The number of benzene rings is 2. The number of anilines is 1. The van der Waals surface area contributed by atoms with Gasteiger partial charge in [-0.25, -0.2) is 0 Å². The van der Waals surface area contributed by atoms with Gasteiger partial charge in [0.15, 0.2) is 0 Å². The highest BCUT2D eigenvalue weighted by Crippen LogP contribution is 2.17. The highest BCUT2D eigenvalue weighted by Gasteiger charge is 2.12. The largest absolute Gasteiger partial charge is 0.381 e. The van der Waals surface area contributed by atoms with E-state index in [1.54, 1.807) is 11.3 Å². The second-order valence-corrected chi connectivity index (χ2v) is 8.82. The van der Waals surface area contributed by atoms with Gasteiger partial charge in [0, 0.05) is 57.1 Å². The van der Waals surface area contributed by atoms with Crippen LogP contribution in [0.15, 0.2) is 65.4 Å². The monoisotopic (exact) mass is 464 g/mol. The van der Waals surface area contributed by atoms with Crippen molar-refractivity contribution in [3.8, 4) is 0 Å². The topological polar surface area (TPSA) is 56.4 Å². The van der Waals surface area contributed by atoms with Crippen molar-refractivity contribution in [3.05, 3.63) is 87.6 Å². The number of nitrogens with zero attached hydrogens (tertiary/aromatic N) is 1. The first-order chi connectivity index (χ1) is 16.2. The lowest BCUT2D eigenvalue weighted by Gasteiger charge is -2.18. The molecule has 0 atom stereocenters. The lowest BCUT2D eigenvalue weighted by Crippen LogP contribution is -2.39. The van der Waals surface area contributed by atoms with Gasteiger partial charge in [-0.1, -0.05) is 24.3 Å². The third kappa shape index (κ3) is 8.31. The molecule has 4 rings (SSSR count). The van der Waals surface area contributed by atoms with E-state index in [4.69, 9.17) is 0 Å². The highest BCUT2D eigenvalue weighted by atomic mass is 32.1. The van der Waals surface area contributed by atoms with E-state index in [-0.39, 0.29) is 5.91 Å². The Bertz CT molecular complexity index is 937. The first-order valence-electron chi connectivity index (χ1n) is 11.8. The second-order valence-electron chi connectivity index (χ2n) is 8.04. The van der Waals surface area contributed by atoms with E-state index in [0.29, 0.717) is 0 Å². The molecule has 0 radical (unpaired) electrons. The molecule has 2 aromatic carbocycles. The smallest absolute Gasteiger partial charge is 0.253 e. The number of thiophene rings is 1. The molecule has 33 heavy (non-hydrogen) atoms. The van der Waals surface area contributed by atoms with Crippen LogP contribution >= 0.6 is 11.3 Å². The number of nitrogens with one attached hydrogen (secondary N) is 3. The van der Waals surface area contributed by atoms with Crippen LogP contribution in [0.25, 0.3) is 0 Å². The summed E-state index contributed by atoms with van der Waals surface area (Å²) in [6.07, 6.45) is 0.855. The van der Waals surface area contributed by atoms with Crippen molar-refractivity contribution in [2.75, 3.05) is 44.6 Å². The minimum atomic E-state index is 0.103. The summed E-state index contributed by atoms with van der Waals surface area (Å²) in [5, 5.41) is 14.2. The standard InChI is InChI=1S/C23H26N2OS.C4H10N2/c1-3-25(4-2)23(26)21-10-8-18(9-11-21)14-19-6-5-7-22(15-19)24-16-20-12-13-27-17-20;1-2-6-4-3-5-1/h5-13,15,17,24H,3-4,14,16H2,1-2H3;5-6H,1-4H2. The second kappa shape index (κ2) is 13.8. The lowest BCUT2D eigenvalue weighted by molar-refractivity contribution is 0.0773. The Hall–Kier alpha value is -2.67. The molecule has 2 heterocycles. The quantitative estimate of drug-likeness (QED) is 0.456. The number of rotatable bonds is 8. The minimum Gasteiger partial charge on any atom is -0.381 e. The van der Waals surface area contributed by atoms with E-state index in [9.17, 15) is 4.79 Å². The van der Waals surface area contributed by atoms with Crippen LogP contribution in [-0.4, -0.2) is 50.1 Å². The van der Waals surface area contributed by atoms with E-state index in [0.717, 1.165) is 63.5 Å². The van der Waals surface area contributed by atoms with Gasteiger partial charge in [0.05, 0.1) is 0 Å². The summed E-state index contributed by atoms with van der Waals surface area (Å²) in [4.78, 5) is 14.3.